The number of hydrogen-bond acceptors (Lipinski definition) is 0. The zero-order valence-electron chi connectivity index (χ0n) is 9.47. The van der Waals surface area contributed by atoms with Crippen LogP contribution in [0.25, 0.3) is 0 Å². The fourth-order valence-corrected chi connectivity index (χ4v) is 4.37. The third kappa shape index (κ3) is 1.33. The van der Waals surface area contributed by atoms with Gasteiger partial charge in [0.2, 0.25) is 0 Å². The molecule has 0 aliphatic heterocycles. The molecule has 2 fully saturated rings. The Morgan fingerprint density at radius 3 is 2.31 bits per heavy atom. The molecule has 76 valence electrons. The topological polar surface area (TPSA) is 0 Å². The molecule has 0 aromatic rings. The molecule has 0 saturated heterocycles. The fraction of sp³-hybridized carbons (Fsp3) is 1.00. The van der Waals surface area contributed by atoms with Gasteiger partial charge in [-0.2, -0.15) is 0 Å². The van der Waals surface area contributed by atoms with Gasteiger partial charge in [0.25, 0.3) is 0 Å². The molecule has 0 aromatic carbocycles. The van der Waals surface area contributed by atoms with E-state index in [4.69, 9.17) is 0 Å². The van der Waals surface area contributed by atoms with Gasteiger partial charge in [-0.15, -0.1) is 0 Å². The monoisotopic (exact) mass is 180 g/mol. The van der Waals surface area contributed by atoms with Gasteiger partial charge < -0.3 is 0 Å². The van der Waals surface area contributed by atoms with Gasteiger partial charge in [-0.25, -0.2) is 0 Å². The number of rotatable bonds is 3. The van der Waals surface area contributed by atoms with E-state index in [2.05, 4.69) is 20.8 Å². The van der Waals surface area contributed by atoms with E-state index in [-0.39, 0.29) is 0 Å². The molecular weight excluding hydrogens is 156 g/mol. The molecule has 0 heterocycles. The van der Waals surface area contributed by atoms with Crippen LogP contribution in [-0.2, 0) is 0 Å². The van der Waals surface area contributed by atoms with Crippen molar-refractivity contribution in [2.24, 2.45) is 23.2 Å². The zero-order chi connectivity index (χ0) is 9.47. The Labute approximate surface area is 83.1 Å². The molecule has 3 atom stereocenters. The van der Waals surface area contributed by atoms with Gasteiger partial charge in [0.1, 0.15) is 0 Å². The van der Waals surface area contributed by atoms with Crippen LogP contribution in [0.15, 0.2) is 0 Å². The second-order valence-corrected chi connectivity index (χ2v) is 5.60. The van der Waals surface area contributed by atoms with E-state index < -0.39 is 0 Å². The summed E-state index contributed by atoms with van der Waals surface area (Å²) >= 11 is 0. The van der Waals surface area contributed by atoms with Crippen LogP contribution < -0.4 is 0 Å². The van der Waals surface area contributed by atoms with Crippen LogP contribution in [-0.4, -0.2) is 0 Å². The van der Waals surface area contributed by atoms with Gasteiger partial charge in [0, 0.05) is 0 Å². The first kappa shape index (κ1) is 9.55. The van der Waals surface area contributed by atoms with E-state index in [9.17, 15) is 0 Å². The number of fused-ring (bicyclic) bond motifs is 2. The molecule has 0 spiro atoms. The summed E-state index contributed by atoms with van der Waals surface area (Å²) in [6, 6.07) is 0. The average Bonchev–Trinajstić information content (AvgIpc) is 2.65. The first-order chi connectivity index (χ1) is 6.20. The third-order valence-corrected chi connectivity index (χ3v) is 5.12. The second kappa shape index (κ2) is 3.29. The van der Waals surface area contributed by atoms with Gasteiger partial charge in [0.15, 0.2) is 0 Å². The first-order valence-electron chi connectivity index (χ1n) is 6.20. The lowest BCUT2D eigenvalue weighted by atomic mass is 9.64. The van der Waals surface area contributed by atoms with E-state index in [1.54, 1.807) is 19.3 Å². The van der Waals surface area contributed by atoms with Gasteiger partial charge in [-0.05, 0) is 42.4 Å². The Bertz CT molecular complexity index is 180. The summed E-state index contributed by atoms with van der Waals surface area (Å²) in [6.07, 6.45) is 8.99. The summed E-state index contributed by atoms with van der Waals surface area (Å²) < 4.78 is 0. The van der Waals surface area contributed by atoms with Gasteiger partial charge in [-0.3, -0.25) is 0 Å². The molecular formula is C13H24. The van der Waals surface area contributed by atoms with Crippen molar-refractivity contribution in [2.45, 2.75) is 59.3 Å². The van der Waals surface area contributed by atoms with E-state index in [0.717, 1.165) is 23.2 Å². The highest BCUT2D eigenvalue weighted by molar-refractivity contribution is 5.00. The van der Waals surface area contributed by atoms with Crippen molar-refractivity contribution in [2.75, 3.05) is 0 Å². The molecule has 2 aliphatic carbocycles. The Kier molecular flexibility index (Phi) is 2.42. The maximum Gasteiger partial charge on any atom is -0.0267 e. The molecule has 2 aliphatic rings. The molecule has 2 rings (SSSR count). The highest BCUT2D eigenvalue weighted by Gasteiger charge is 2.50. The van der Waals surface area contributed by atoms with Crippen molar-refractivity contribution in [3.63, 3.8) is 0 Å². The van der Waals surface area contributed by atoms with E-state index in [0.29, 0.717) is 0 Å². The van der Waals surface area contributed by atoms with Crippen molar-refractivity contribution in [1.29, 1.82) is 0 Å². The molecule has 0 nitrogen and oxygen atoms in total. The van der Waals surface area contributed by atoms with Crippen LogP contribution in [0.3, 0.4) is 0 Å². The van der Waals surface area contributed by atoms with Crippen molar-refractivity contribution in [3.05, 3.63) is 0 Å². The minimum absolute atomic E-state index is 0.729. The summed E-state index contributed by atoms with van der Waals surface area (Å²) in [7, 11) is 0. The van der Waals surface area contributed by atoms with Crippen molar-refractivity contribution in [3.8, 4) is 0 Å². The summed E-state index contributed by atoms with van der Waals surface area (Å²) in [4.78, 5) is 0. The van der Waals surface area contributed by atoms with E-state index >= 15 is 0 Å². The molecule has 0 heteroatoms. The highest BCUT2D eigenvalue weighted by atomic mass is 14.5. The quantitative estimate of drug-likeness (QED) is 0.609. The van der Waals surface area contributed by atoms with Crippen LogP contribution in [0.4, 0.5) is 0 Å². The van der Waals surface area contributed by atoms with Gasteiger partial charge in [0.05, 0.1) is 0 Å². The van der Waals surface area contributed by atoms with Gasteiger partial charge in [-0.1, -0.05) is 40.0 Å². The Morgan fingerprint density at radius 2 is 1.92 bits per heavy atom. The Morgan fingerprint density at radius 1 is 1.23 bits per heavy atom. The van der Waals surface area contributed by atoms with Crippen LogP contribution in [0.2, 0.25) is 0 Å². The minimum atomic E-state index is 0.729. The Balaban J connectivity index is 2.11. The zero-order valence-corrected chi connectivity index (χ0v) is 9.47. The van der Waals surface area contributed by atoms with Crippen LogP contribution in [0, 0.1) is 23.2 Å². The lowest BCUT2D eigenvalue weighted by Gasteiger charge is -2.41. The second-order valence-electron chi connectivity index (χ2n) is 5.60. The third-order valence-electron chi connectivity index (χ3n) is 5.12. The molecule has 0 N–H and O–H groups in total. The summed E-state index contributed by atoms with van der Waals surface area (Å²) in [5.74, 6) is 3.20. The summed E-state index contributed by atoms with van der Waals surface area (Å²) in [5, 5.41) is 0. The van der Waals surface area contributed by atoms with Crippen molar-refractivity contribution in [1.82, 2.24) is 0 Å². The number of hydrogen-bond donors (Lipinski definition) is 0. The maximum absolute atomic E-state index is 2.58. The van der Waals surface area contributed by atoms with E-state index in [1.807, 2.05) is 0 Å². The largest absolute Gasteiger partial charge is 0.0651 e. The van der Waals surface area contributed by atoms with Crippen molar-refractivity contribution < 1.29 is 0 Å². The summed E-state index contributed by atoms with van der Waals surface area (Å²) in [6.45, 7) is 7.34. The molecule has 3 unspecified atom stereocenters. The van der Waals surface area contributed by atoms with Crippen LogP contribution >= 0.6 is 0 Å². The van der Waals surface area contributed by atoms with E-state index in [1.165, 1.54) is 19.3 Å². The molecule has 2 bridgehead atoms. The molecule has 0 amide bonds. The predicted molar refractivity (Wildman–Crippen MR) is 57.6 cm³/mol. The first-order valence-corrected chi connectivity index (χ1v) is 6.20. The van der Waals surface area contributed by atoms with Crippen LogP contribution in [0.1, 0.15) is 59.3 Å². The highest BCUT2D eigenvalue weighted by Crippen LogP contribution is 2.60. The lowest BCUT2D eigenvalue weighted by molar-refractivity contribution is 0.0899. The van der Waals surface area contributed by atoms with Gasteiger partial charge >= 0.3 is 0 Å². The summed E-state index contributed by atoms with van der Waals surface area (Å²) in [5.41, 5.74) is 0.729. The lowest BCUT2D eigenvalue weighted by Crippen LogP contribution is -2.32. The fourth-order valence-electron chi connectivity index (χ4n) is 4.37. The van der Waals surface area contributed by atoms with Crippen LogP contribution in [0.5, 0.6) is 0 Å². The normalized spacial score (nSPS) is 43.4. The molecule has 0 aromatic heterocycles. The van der Waals surface area contributed by atoms with Crippen molar-refractivity contribution >= 4 is 0 Å². The maximum atomic E-state index is 2.58. The Hall–Kier alpha value is 0. The SMILES string of the molecule is CCC(CC)C1(C)CC2CCC1C2. The molecule has 13 heavy (non-hydrogen) atoms. The average molecular weight is 180 g/mol. The molecule has 0 radical (unpaired) electrons. The predicted octanol–water partition coefficient (Wildman–Crippen LogP) is 4.25. The standard InChI is InChI=1S/C13H24/c1-4-11(5-2)13(3)9-10-6-7-12(13)8-10/h10-12H,4-9H2,1-3H3. The smallest absolute Gasteiger partial charge is 0.0267 e. The molecule has 2 saturated carbocycles. The minimum Gasteiger partial charge on any atom is -0.0651 e.